The summed E-state index contributed by atoms with van der Waals surface area (Å²) in [6.45, 7) is 1.09. The summed E-state index contributed by atoms with van der Waals surface area (Å²) in [6.07, 6.45) is 4.62. The molecule has 2 nitrogen and oxygen atoms in total. The van der Waals surface area contributed by atoms with E-state index in [1.165, 1.54) is 26.4 Å². The summed E-state index contributed by atoms with van der Waals surface area (Å²) in [5.74, 6) is 0.0520. The zero-order valence-electron chi connectivity index (χ0n) is 10.0. The second-order valence-corrected chi connectivity index (χ2v) is 4.32. The summed E-state index contributed by atoms with van der Waals surface area (Å²) < 4.78 is 18.4. The Kier molecular flexibility index (Phi) is 5.72. The molecule has 96 valence electrons. The minimum atomic E-state index is -0.268. The molecule has 0 spiro atoms. The Hall–Kier alpha value is -0.800. The Morgan fingerprint density at radius 3 is 2.82 bits per heavy atom. The minimum absolute atomic E-state index is 0. The van der Waals surface area contributed by atoms with Gasteiger partial charge in [0, 0.05) is 6.04 Å². The van der Waals surface area contributed by atoms with Crippen molar-refractivity contribution in [1.29, 1.82) is 0 Å². The van der Waals surface area contributed by atoms with Gasteiger partial charge in [-0.3, -0.25) is 0 Å². The molecule has 1 aromatic carbocycles. The van der Waals surface area contributed by atoms with E-state index < -0.39 is 0 Å². The van der Waals surface area contributed by atoms with Gasteiger partial charge in [0.15, 0.2) is 11.6 Å². The van der Waals surface area contributed by atoms with Crippen molar-refractivity contribution in [3.8, 4) is 5.75 Å². The van der Waals surface area contributed by atoms with Gasteiger partial charge in [-0.2, -0.15) is 0 Å². The van der Waals surface area contributed by atoms with Gasteiger partial charge in [0.1, 0.15) is 0 Å². The minimum Gasteiger partial charge on any atom is -0.494 e. The van der Waals surface area contributed by atoms with Crippen LogP contribution in [0.15, 0.2) is 18.2 Å². The molecule has 1 aromatic rings. The van der Waals surface area contributed by atoms with Gasteiger partial charge in [0.25, 0.3) is 0 Å². The summed E-state index contributed by atoms with van der Waals surface area (Å²) in [5.41, 5.74) is 1.04. The van der Waals surface area contributed by atoms with Crippen LogP contribution in [0.4, 0.5) is 4.39 Å². The van der Waals surface area contributed by atoms with Gasteiger partial charge >= 0.3 is 0 Å². The third-order valence-corrected chi connectivity index (χ3v) is 3.11. The molecule has 1 unspecified atom stereocenters. The lowest BCUT2D eigenvalue weighted by molar-refractivity contribution is 0.383. The highest BCUT2D eigenvalue weighted by molar-refractivity contribution is 5.85. The van der Waals surface area contributed by atoms with Crippen LogP contribution in [-0.4, -0.2) is 19.7 Å². The van der Waals surface area contributed by atoms with Gasteiger partial charge in [-0.1, -0.05) is 12.5 Å². The normalized spacial score (nSPS) is 19.5. The SMILES string of the molecule is COc1ccc(CC2CCCCN2)cc1F.Cl. The monoisotopic (exact) mass is 259 g/mol. The number of hydrogen-bond donors (Lipinski definition) is 1. The molecule has 1 aliphatic heterocycles. The first-order chi connectivity index (χ1) is 7.79. The van der Waals surface area contributed by atoms with Crippen molar-refractivity contribution in [3.05, 3.63) is 29.6 Å². The van der Waals surface area contributed by atoms with E-state index in [-0.39, 0.29) is 18.2 Å². The van der Waals surface area contributed by atoms with E-state index in [1.807, 2.05) is 6.07 Å². The highest BCUT2D eigenvalue weighted by Crippen LogP contribution is 2.20. The first-order valence-corrected chi connectivity index (χ1v) is 5.85. The van der Waals surface area contributed by atoms with Crippen molar-refractivity contribution in [3.63, 3.8) is 0 Å². The second-order valence-electron chi connectivity index (χ2n) is 4.32. The molecule has 17 heavy (non-hydrogen) atoms. The summed E-state index contributed by atoms with van der Waals surface area (Å²) in [4.78, 5) is 0. The summed E-state index contributed by atoms with van der Waals surface area (Å²) in [6, 6.07) is 5.72. The van der Waals surface area contributed by atoms with Crippen molar-refractivity contribution in [2.24, 2.45) is 0 Å². The molecule has 0 saturated carbocycles. The van der Waals surface area contributed by atoms with Crippen molar-refractivity contribution in [2.45, 2.75) is 31.7 Å². The number of benzene rings is 1. The van der Waals surface area contributed by atoms with Gasteiger partial charge in [-0.15, -0.1) is 12.4 Å². The van der Waals surface area contributed by atoms with Gasteiger partial charge in [-0.25, -0.2) is 4.39 Å². The molecule has 0 radical (unpaired) electrons. The Morgan fingerprint density at radius 1 is 1.41 bits per heavy atom. The second kappa shape index (κ2) is 6.82. The van der Waals surface area contributed by atoms with Crippen LogP contribution in [0.25, 0.3) is 0 Å². The molecule has 4 heteroatoms. The Morgan fingerprint density at radius 2 is 2.24 bits per heavy atom. The zero-order valence-corrected chi connectivity index (χ0v) is 10.9. The summed E-state index contributed by atoms with van der Waals surface area (Å²) in [7, 11) is 1.49. The largest absolute Gasteiger partial charge is 0.494 e. The molecule has 1 atom stereocenters. The topological polar surface area (TPSA) is 21.3 Å². The lowest BCUT2D eigenvalue weighted by atomic mass is 9.98. The molecule has 1 fully saturated rings. The van der Waals surface area contributed by atoms with Gasteiger partial charge in [0.2, 0.25) is 0 Å². The standard InChI is InChI=1S/C13H18FNO.ClH/c1-16-13-6-5-10(9-12(13)14)8-11-4-2-3-7-15-11;/h5-6,9,11,15H,2-4,7-8H2,1H3;1H. The molecule has 0 aromatic heterocycles. The van der Waals surface area contributed by atoms with Crippen molar-refractivity contribution in [2.75, 3.05) is 13.7 Å². The Bertz CT molecular complexity index is 353. The number of halogens is 2. The maximum absolute atomic E-state index is 13.5. The lowest BCUT2D eigenvalue weighted by Crippen LogP contribution is -2.35. The molecular formula is C13H19ClFNO. The van der Waals surface area contributed by atoms with Crippen LogP contribution in [0.2, 0.25) is 0 Å². The van der Waals surface area contributed by atoms with E-state index in [9.17, 15) is 4.39 Å². The fraction of sp³-hybridized carbons (Fsp3) is 0.538. The maximum Gasteiger partial charge on any atom is 0.165 e. The van der Waals surface area contributed by atoms with Crippen LogP contribution in [0.1, 0.15) is 24.8 Å². The number of piperidine rings is 1. The predicted molar refractivity (Wildman–Crippen MR) is 69.5 cm³/mol. The molecule has 0 bridgehead atoms. The molecule has 1 N–H and O–H groups in total. The third-order valence-electron chi connectivity index (χ3n) is 3.11. The Balaban J connectivity index is 0.00000144. The van der Waals surface area contributed by atoms with Crippen molar-refractivity contribution >= 4 is 12.4 Å². The zero-order chi connectivity index (χ0) is 11.4. The lowest BCUT2D eigenvalue weighted by Gasteiger charge is -2.23. The fourth-order valence-corrected chi connectivity index (χ4v) is 2.22. The first-order valence-electron chi connectivity index (χ1n) is 5.85. The number of rotatable bonds is 3. The van der Waals surface area contributed by atoms with Crippen molar-refractivity contribution < 1.29 is 9.13 Å². The predicted octanol–water partition coefficient (Wildman–Crippen LogP) is 2.94. The van der Waals surface area contributed by atoms with Crippen LogP contribution in [-0.2, 0) is 6.42 Å². The number of ether oxygens (including phenoxy) is 1. The summed E-state index contributed by atoms with van der Waals surface area (Å²) >= 11 is 0. The van der Waals surface area contributed by atoms with Gasteiger partial charge < -0.3 is 10.1 Å². The van der Waals surface area contributed by atoms with Gasteiger partial charge in [0.05, 0.1) is 7.11 Å². The molecule has 1 aliphatic rings. The van der Waals surface area contributed by atoms with Crippen LogP contribution >= 0.6 is 12.4 Å². The molecule has 1 heterocycles. The number of methoxy groups -OCH3 is 1. The molecule has 1 saturated heterocycles. The smallest absolute Gasteiger partial charge is 0.165 e. The van der Waals surface area contributed by atoms with E-state index in [0.717, 1.165) is 18.5 Å². The fourth-order valence-electron chi connectivity index (χ4n) is 2.22. The van der Waals surface area contributed by atoms with Crippen LogP contribution in [0, 0.1) is 5.82 Å². The van der Waals surface area contributed by atoms with E-state index in [4.69, 9.17) is 4.74 Å². The average molecular weight is 260 g/mol. The molecule has 0 amide bonds. The quantitative estimate of drug-likeness (QED) is 0.901. The third kappa shape index (κ3) is 3.86. The van der Waals surface area contributed by atoms with Crippen molar-refractivity contribution in [1.82, 2.24) is 5.32 Å². The maximum atomic E-state index is 13.5. The Labute approximate surface area is 108 Å². The first kappa shape index (κ1) is 14.3. The molecular weight excluding hydrogens is 241 g/mol. The van der Waals surface area contributed by atoms with Crippen LogP contribution < -0.4 is 10.1 Å². The van der Waals surface area contributed by atoms with E-state index in [2.05, 4.69) is 5.32 Å². The van der Waals surface area contributed by atoms with Crippen LogP contribution in [0.5, 0.6) is 5.75 Å². The van der Waals surface area contributed by atoms with E-state index in [1.54, 1.807) is 12.1 Å². The van der Waals surface area contributed by atoms with E-state index in [0.29, 0.717) is 11.8 Å². The summed E-state index contributed by atoms with van der Waals surface area (Å²) in [5, 5.41) is 3.46. The molecule has 0 aliphatic carbocycles. The number of nitrogens with one attached hydrogen (secondary N) is 1. The highest BCUT2D eigenvalue weighted by Gasteiger charge is 2.13. The highest BCUT2D eigenvalue weighted by atomic mass is 35.5. The average Bonchev–Trinajstić information content (AvgIpc) is 2.31. The van der Waals surface area contributed by atoms with Crippen LogP contribution in [0.3, 0.4) is 0 Å². The molecule has 2 rings (SSSR count). The van der Waals surface area contributed by atoms with E-state index >= 15 is 0 Å². The van der Waals surface area contributed by atoms with Gasteiger partial charge in [-0.05, 0) is 43.5 Å². The number of hydrogen-bond acceptors (Lipinski definition) is 2.